The van der Waals surface area contributed by atoms with E-state index in [2.05, 4.69) is 15.0 Å². The highest BCUT2D eigenvalue weighted by Gasteiger charge is 2.31. The first kappa shape index (κ1) is 14.9. The Morgan fingerprint density at radius 1 is 1.38 bits per heavy atom. The van der Waals surface area contributed by atoms with Gasteiger partial charge in [-0.3, -0.25) is 4.79 Å². The molecule has 2 aromatic heterocycles. The lowest BCUT2D eigenvalue weighted by molar-refractivity contribution is -0.00526. The summed E-state index contributed by atoms with van der Waals surface area (Å²) < 4.78 is 18.9. The Hall–Kier alpha value is -2.67. The van der Waals surface area contributed by atoms with Crippen LogP contribution < -0.4 is 0 Å². The second-order valence-electron chi connectivity index (χ2n) is 5.96. The topological polar surface area (TPSA) is 74.0 Å². The molecule has 4 rings (SSSR count). The van der Waals surface area contributed by atoms with Crippen LogP contribution in [0.5, 0.6) is 0 Å². The van der Waals surface area contributed by atoms with Crippen molar-refractivity contribution in [3.8, 4) is 0 Å². The zero-order valence-electron chi connectivity index (χ0n) is 13.2. The Morgan fingerprint density at radius 3 is 3.04 bits per heavy atom. The van der Waals surface area contributed by atoms with Crippen LogP contribution in [0.3, 0.4) is 0 Å². The van der Waals surface area contributed by atoms with Gasteiger partial charge in [0.2, 0.25) is 0 Å². The average Bonchev–Trinajstić information content (AvgIpc) is 3.20. The van der Waals surface area contributed by atoms with E-state index in [1.165, 1.54) is 12.1 Å². The summed E-state index contributed by atoms with van der Waals surface area (Å²) in [5.74, 6) is 0.243. The fourth-order valence-electron chi connectivity index (χ4n) is 3.05. The predicted molar refractivity (Wildman–Crippen MR) is 86.2 cm³/mol. The standard InChI is InChI=1S/C17H17FN4O2/c1-10-8-19-16(20-10)15-9-24-5-4-22(15)17(23)14-7-11-6-12(18)2-3-13(11)21-14/h2-3,6-8,15,21H,4-5,9H2,1H3,(H,19,20). The van der Waals surface area contributed by atoms with Crippen molar-refractivity contribution in [2.75, 3.05) is 19.8 Å². The molecule has 1 aromatic carbocycles. The maximum absolute atomic E-state index is 13.3. The van der Waals surface area contributed by atoms with E-state index in [0.717, 1.165) is 11.2 Å². The molecule has 0 aliphatic carbocycles. The highest BCUT2D eigenvalue weighted by molar-refractivity contribution is 5.98. The number of rotatable bonds is 2. The Kier molecular flexibility index (Phi) is 3.57. The van der Waals surface area contributed by atoms with Gasteiger partial charge in [0.05, 0.1) is 13.2 Å². The lowest BCUT2D eigenvalue weighted by Crippen LogP contribution is -2.44. The van der Waals surface area contributed by atoms with E-state index in [1.54, 1.807) is 23.2 Å². The summed E-state index contributed by atoms with van der Waals surface area (Å²) in [7, 11) is 0. The lowest BCUT2D eigenvalue weighted by atomic mass is 10.2. The van der Waals surface area contributed by atoms with Gasteiger partial charge in [0.25, 0.3) is 5.91 Å². The molecule has 1 aliphatic heterocycles. The zero-order chi connectivity index (χ0) is 16.7. The minimum atomic E-state index is -0.323. The molecule has 0 bridgehead atoms. The van der Waals surface area contributed by atoms with E-state index in [1.807, 2.05) is 6.92 Å². The maximum atomic E-state index is 13.3. The Labute approximate surface area is 137 Å². The van der Waals surface area contributed by atoms with Crippen molar-refractivity contribution >= 4 is 16.8 Å². The number of aromatic nitrogens is 3. The third-order valence-electron chi connectivity index (χ3n) is 4.24. The number of H-pyrrole nitrogens is 2. The second kappa shape index (κ2) is 5.76. The number of fused-ring (bicyclic) bond motifs is 1. The molecule has 1 unspecified atom stereocenters. The molecule has 0 saturated carbocycles. The molecule has 3 aromatic rings. The molecule has 1 amide bonds. The van der Waals surface area contributed by atoms with Crippen LogP contribution in [0.1, 0.15) is 28.0 Å². The van der Waals surface area contributed by atoms with Crippen LogP contribution in [0.4, 0.5) is 4.39 Å². The number of amides is 1. The molecule has 3 heterocycles. The van der Waals surface area contributed by atoms with Gasteiger partial charge < -0.3 is 19.6 Å². The van der Waals surface area contributed by atoms with Gasteiger partial charge in [-0.15, -0.1) is 0 Å². The van der Waals surface area contributed by atoms with Crippen molar-refractivity contribution in [1.29, 1.82) is 0 Å². The van der Waals surface area contributed by atoms with Gasteiger partial charge in [0, 0.05) is 29.3 Å². The number of hydrogen-bond acceptors (Lipinski definition) is 3. The molecular formula is C17H17FN4O2. The predicted octanol–water partition coefficient (Wildman–Crippen LogP) is 2.55. The minimum absolute atomic E-state index is 0.144. The van der Waals surface area contributed by atoms with Gasteiger partial charge in [-0.05, 0) is 31.2 Å². The molecule has 24 heavy (non-hydrogen) atoms. The number of benzene rings is 1. The van der Waals surface area contributed by atoms with E-state index < -0.39 is 0 Å². The molecule has 2 N–H and O–H groups in total. The molecular weight excluding hydrogens is 311 g/mol. The maximum Gasteiger partial charge on any atom is 0.271 e. The van der Waals surface area contributed by atoms with Gasteiger partial charge >= 0.3 is 0 Å². The van der Waals surface area contributed by atoms with Crippen LogP contribution in [0.2, 0.25) is 0 Å². The first-order chi connectivity index (χ1) is 11.6. The number of imidazole rings is 1. The number of carbonyl (C=O) groups excluding carboxylic acids is 1. The van der Waals surface area contributed by atoms with Crippen LogP contribution in [-0.4, -0.2) is 45.5 Å². The first-order valence-electron chi connectivity index (χ1n) is 7.80. The fraction of sp³-hybridized carbons (Fsp3) is 0.294. The third kappa shape index (κ3) is 2.56. The highest BCUT2D eigenvalue weighted by atomic mass is 19.1. The van der Waals surface area contributed by atoms with E-state index in [4.69, 9.17) is 4.74 Å². The minimum Gasteiger partial charge on any atom is -0.377 e. The molecule has 0 spiro atoms. The number of carbonyl (C=O) groups is 1. The number of morpholine rings is 1. The Morgan fingerprint density at radius 2 is 2.25 bits per heavy atom. The van der Waals surface area contributed by atoms with Crippen molar-refractivity contribution in [2.45, 2.75) is 13.0 Å². The normalized spacial score (nSPS) is 18.2. The zero-order valence-corrected chi connectivity index (χ0v) is 13.2. The smallest absolute Gasteiger partial charge is 0.271 e. The van der Waals surface area contributed by atoms with Gasteiger partial charge in [-0.2, -0.15) is 0 Å². The SMILES string of the molecule is Cc1cnc(C2COCCN2C(=O)c2cc3cc(F)ccc3[nH]2)[nH]1. The molecule has 7 heteroatoms. The van der Waals surface area contributed by atoms with Crippen molar-refractivity contribution in [3.63, 3.8) is 0 Å². The molecule has 1 aliphatic rings. The third-order valence-corrected chi connectivity index (χ3v) is 4.24. The largest absolute Gasteiger partial charge is 0.377 e. The number of nitrogens with zero attached hydrogens (tertiary/aromatic N) is 2. The van der Waals surface area contributed by atoms with Gasteiger partial charge in [0.1, 0.15) is 23.4 Å². The molecule has 0 radical (unpaired) electrons. The number of hydrogen-bond donors (Lipinski definition) is 2. The van der Waals surface area contributed by atoms with Crippen LogP contribution >= 0.6 is 0 Å². The molecule has 1 saturated heterocycles. The molecule has 124 valence electrons. The highest BCUT2D eigenvalue weighted by Crippen LogP contribution is 2.25. The summed E-state index contributed by atoms with van der Waals surface area (Å²) in [5, 5.41) is 0.678. The number of ether oxygens (including phenoxy) is 1. The van der Waals surface area contributed by atoms with E-state index in [0.29, 0.717) is 36.7 Å². The van der Waals surface area contributed by atoms with E-state index in [-0.39, 0.29) is 17.8 Å². The average molecular weight is 328 g/mol. The number of halogens is 1. The quantitative estimate of drug-likeness (QED) is 0.759. The first-order valence-corrected chi connectivity index (χ1v) is 7.80. The second-order valence-corrected chi connectivity index (χ2v) is 5.96. The van der Waals surface area contributed by atoms with Crippen LogP contribution in [0.15, 0.2) is 30.5 Å². The van der Waals surface area contributed by atoms with Crippen molar-refractivity contribution in [2.24, 2.45) is 0 Å². The Bertz CT molecular complexity index is 901. The van der Waals surface area contributed by atoms with Crippen molar-refractivity contribution in [3.05, 3.63) is 53.5 Å². The summed E-state index contributed by atoms with van der Waals surface area (Å²) >= 11 is 0. The van der Waals surface area contributed by atoms with Crippen LogP contribution in [0, 0.1) is 12.7 Å². The van der Waals surface area contributed by atoms with E-state index in [9.17, 15) is 9.18 Å². The van der Waals surface area contributed by atoms with Gasteiger partial charge in [0.15, 0.2) is 0 Å². The van der Waals surface area contributed by atoms with E-state index >= 15 is 0 Å². The van der Waals surface area contributed by atoms with Gasteiger partial charge in [-0.25, -0.2) is 9.37 Å². The fourth-order valence-corrected chi connectivity index (χ4v) is 3.05. The van der Waals surface area contributed by atoms with Crippen molar-refractivity contribution < 1.29 is 13.9 Å². The monoisotopic (exact) mass is 328 g/mol. The van der Waals surface area contributed by atoms with Crippen LogP contribution in [0.25, 0.3) is 10.9 Å². The van der Waals surface area contributed by atoms with Crippen molar-refractivity contribution in [1.82, 2.24) is 19.9 Å². The summed E-state index contributed by atoms with van der Waals surface area (Å²) in [5.41, 5.74) is 2.10. The number of nitrogens with one attached hydrogen (secondary N) is 2. The summed E-state index contributed by atoms with van der Waals surface area (Å²) in [6.07, 6.45) is 1.73. The lowest BCUT2D eigenvalue weighted by Gasteiger charge is -2.34. The van der Waals surface area contributed by atoms with Gasteiger partial charge in [-0.1, -0.05) is 0 Å². The molecule has 1 atom stereocenters. The summed E-state index contributed by atoms with van der Waals surface area (Å²) in [6, 6.07) is 5.84. The Balaban J connectivity index is 1.67. The molecule has 6 nitrogen and oxygen atoms in total. The number of aryl methyl sites for hydroxylation is 1. The summed E-state index contributed by atoms with van der Waals surface area (Å²) in [6.45, 7) is 3.27. The summed E-state index contributed by atoms with van der Waals surface area (Å²) in [4.78, 5) is 25.3. The van der Waals surface area contributed by atoms with Crippen LogP contribution in [-0.2, 0) is 4.74 Å². The number of aromatic amines is 2. The molecule has 1 fully saturated rings.